The van der Waals surface area contributed by atoms with E-state index in [9.17, 15) is 4.79 Å². The van der Waals surface area contributed by atoms with Gasteiger partial charge in [-0.1, -0.05) is 26.8 Å². The maximum Gasteiger partial charge on any atom is 0.306 e. The summed E-state index contributed by atoms with van der Waals surface area (Å²) in [6.45, 7) is 6.28. The molecule has 3 heteroatoms. The van der Waals surface area contributed by atoms with Crippen LogP contribution in [0.2, 0.25) is 0 Å². The fourth-order valence-corrected chi connectivity index (χ4v) is 0.924. The van der Waals surface area contributed by atoms with Crippen LogP contribution < -0.4 is 0 Å². The summed E-state index contributed by atoms with van der Waals surface area (Å²) in [6.07, 6.45) is 4.70. The number of rotatable bonds is 4. The predicted octanol–water partition coefficient (Wildman–Crippen LogP) is 2.95. The Morgan fingerprint density at radius 2 is 2.20 bits per heavy atom. The Hall–Kier alpha value is -1.38. The Morgan fingerprint density at radius 1 is 1.47 bits per heavy atom. The van der Waals surface area contributed by atoms with Crippen LogP contribution in [0.15, 0.2) is 24.5 Å². The fourth-order valence-electron chi connectivity index (χ4n) is 0.924. The third-order valence-electron chi connectivity index (χ3n) is 1.58. The smallest absolute Gasteiger partial charge is 0.306 e. The van der Waals surface area contributed by atoms with Gasteiger partial charge in [-0.05, 0) is 12.5 Å². The molecule has 0 saturated heterocycles. The molecule has 0 bridgehead atoms. The van der Waals surface area contributed by atoms with E-state index in [0.717, 1.165) is 12.0 Å². The van der Waals surface area contributed by atoms with Crippen LogP contribution in [0.1, 0.15) is 39.2 Å². The lowest BCUT2D eigenvalue weighted by molar-refractivity contribution is -0.144. The van der Waals surface area contributed by atoms with Gasteiger partial charge in [-0.15, -0.1) is 0 Å². The standard InChI is InChI=1S/C10H13NO2.C2H6/c1-2-4-10(12)13-8-9-5-3-6-11-7-9;1-2/h3,5-7H,2,4,8H2,1H3;1-2H3. The number of carbonyl (C=O) groups is 1. The molecule has 0 N–H and O–H groups in total. The van der Waals surface area contributed by atoms with Crippen molar-refractivity contribution >= 4 is 5.97 Å². The SMILES string of the molecule is CC.CCCC(=O)OCc1cccnc1. The quantitative estimate of drug-likeness (QED) is 0.716. The van der Waals surface area contributed by atoms with Crippen LogP contribution in [-0.2, 0) is 16.1 Å². The minimum Gasteiger partial charge on any atom is -0.461 e. The van der Waals surface area contributed by atoms with Crippen LogP contribution in [0, 0.1) is 0 Å². The highest BCUT2D eigenvalue weighted by Gasteiger charge is 2.00. The monoisotopic (exact) mass is 209 g/mol. The van der Waals surface area contributed by atoms with E-state index < -0.39 is 0 Å². The molecule has 0 atom stereocenters. The number of ether oxygens (including phenoxy) is 1. The van der Waals surface area contributed by atoms with Crippen molar-refractivity contribution in [2.24, 2.45) is 0 Å². The summed E-state index contributed by atoms with van der Waals surface area (Å²) in [6, 6.07) is 3.70. The lowest BCUT2D eigenvalue weighted by Gasteiger charge is -2.02. The van der Waals surface area contributed by atoms with Crippen LogP contribution in [0.3, 0.4) is 0 Å². The fraction of sp³-hybridized carbons (Fsp3) is 0.500. The zero-order chi connectivity index (χ0) is 11.5. The van der Waals surface area contributed by atoms with Crippen molar-refractivity contribution in [2.45, 2.75) is 40.2 Å². The van der Waals surface area contributed by atoms with Gasteiger partial charge in [0, 0.05) is 24.4 Å². The first-order valence-electron chi connectivity index (χ1n) is 5.37. The average Bonchev–Trinajstić information content (AvgIpc) is 2.31. The van der Waals surface area contributed by atoms with E-state index in [1.165, 1.54) is 0 Å². The molecule has 1 rings (SSSR count). The Kier molecular flexibility index (Phi) is 8.34. The number of carbonyl (C=O) groups excluding carboxylic acids is 1. The van der Waals surface area contributed by atoms with Crippen molar-refractivity contribution in [2.75, 3.05) is 0 Å². The molecule has 0 fully saturated rings. The Balaban J connectivity index is 0.000000921. The van der Waals surface area contributed by atoms with Gasteiger partial charge in [0.15, 0.2) is 0 Å². The third kappa shape index (κ3) is 6.66. The van der Waals surface area contributed by atoms with Crippen molar-refractivity contribution in [3.05, 3.63) is 30.1 Å². The molecule has 0 unspecified atom stereocenters. The highest BCUT2D eigenvalue weighted by Crippen LogP contribution is 2.00. The largest absolute Gasteiger partial charge is 0.461 e. The predicted molar refractivity (Wildman–Crippen MR) is 60.3 cm³/mol. The summed E-state index contributed by atoms with van der Waals surface area (Å²) in [7, 11) is 0. The van der Waals surface area contributed by atoms with Crippen molar-refractivity contribution < 1.29 is 9.53 Å². The molecule has 0 aliphatic rings. The van der Waals surface area contributed by atoms with Crippen LogP contribution in [0.25, 0.3) is 0 Å². The molecule has 0 amide bonds. The molecule has 0 aromatic carbocycles. The van der Waals surface area contributed by atoms with Crippen molar-refractivity contribution in [1.82, 2.24) is 4.98 Å². The molecule has 84 valence electrons. The molecule has 1 heterocycles. The highest BCUT2D eigenvalue weighted by atomic mass is 16.5. The number of nitrogens with zero attached hydrogens (tertiary/aromatic N) is 1. The molecule has 3 nitrogen and oxygen atoms in total. The van der Waals surface area contributed by atoms with E-state index in [4.69, 9.17) is 4.74 Å². The van der Waals surface area contributed by atoms with E-state index >= 15 is 0 Å². The molecular weight excluding hydrogens is 190 g/mol. The van der Waals surface area contributed by atoms with Crippen LogP contribution in [-0.4, -0.2) is 11.0 Å². The van der Waals surface area contributed by atoms with E-state index in [0.29, 0.717) is 13.0 Å². The topological polar surface area (TPSA) is 39.2 Å². The number of aromatic nitrogens is 1. The highest BCUT2D eigenvalue weighted by molar-refractivity contribution is 5.69. The maximum atomic E-state index is 11.0. The summed E-state index contributed by atoms with van der Waals surface area (Å²) >= 11 is 0. The zero-order valence-corrected chi connectivity index (χ0v) is 9.69. The number of hydrogen-bond acceptors (Lipinski definition) is 3. The summed E-state index contributed by atoms with van der Waals surface area (Å²) in [5.74, 6) is -0.147. The first-order valence-corrected chi connectivity index (χ1v) is 5.37. The molecule has 0 radical (unpaired) electrons. The molecule has 15 heavy (non-hydrogen) atoms. The first kappa shape index (κ1) is 13.6. The molecule has 0 aliphatic carbocycles. The molecule has 1 aromatic heterocycles. The Labute approximate surface area is 91.5 Å². The van der Waals surface area contributed by atoms with Gasteiger partial charge in [0.2, 0.25) is 0 Å². The van der Waals surface area contributed by atoms with Crippen LogP contribution in [0.5, 0.6) is 0 Å². The van der Waals surface area contributed by atoms with Gasteiger partial charge in [0.25, 0.3) is 0 Å². The van der Waals surface area contributed by atoms with Gasteiger partial charge in [0.1, 0.15) is 6.61 Å². The third-order valence-corrected chi connectivity index (χ3v) is 1.58. The summed E-state index contributed by atoms with van der Waals surface area (Å²) < 4.78 is 4.99. The average molecular weight is 209 g/mol. The van der Waals surface area contributed by atoms with Crippen molar-refractivity contribution in [3.8, 4) is 0 Å². The molecular formula is C12H19NO2. The van der Waals surface area contributed by atoms with E-state index in [2.05, 4.69) is 4.98 Å². The minimum absolute atomic E-state index is 0.147. The lowest BCUT2D eigenvalue weighted by atomic mass is 10.3. The Bertz CT molecular complexity index is 260. The maximum absolute atomic E-state index is 11.0. The number of pyridine rings is 1. The lowest BCUT2D eigenvalue weighted by Crippen LogP contribution is -2.03. The number of esters is 1. The zero-order valence-electron chi connectivity index (χ0n) is 9.69. The minimum atomic E-state index is -0.147. The summed E-state index contributed by atoms with van der Waals surface area (Å²) in [4.78, 5) is 14.9. The number of hydrogen-bond donors (Lipinski definition) is 0. The van der Waals surface area contributed by atoms with E-state index in [1.807, 2.05) is 32.9 Å². The Morgan fingerprint density at radius 3 is 2.73 bits per heavy atom. The van der Waals surface area contributed by atoms with Crippen LogP contribution >= 0.6 is 0 Å². The van der Waals surface area contributed by atoms with E-state index in [1.54, 1.807) is 12.4 Å². The summed E-state index contributed by atoms with van der Waals surface area (Å²) in [5.41, 5.74) is 0.923. The first-order chi connectivity index (χ1) is 7.33. The van der Waals surface area contributed by atoms with Crippen molar-refractivity contribution in [3.63, 3.8) is 0 Å². The van der Waals surface area contributed by atoms with Gasteiger partial charge in [-0.3, -0.25) is 9.78 Å². The van der Waals surface area contributed by atoms with Gasteiger partial charge >= 0.3 is 5.97 Å². The molecule has 0 aliphatic heterocycles. The van der Waals surface area contributed by atoms with Crippen molar-refractivity contribution in [1.29, 1.82) is 0 Å². The second-order valence-corrected chi connectivity index (χ2v) is 2.77. The molecule has 1 aromatic rings. The second kappa shape index (κ2) is 9.19. The van der Waals surface area contributed by atoms with Gasteiger partial charge in [0.05, 0.1) is 0 Å². The van der Waals surface area contributed by atoms with E-state index in [-0.39, 0.29) is 5.97 Å². The molecule has 0 spiro atoms. The van der Waals surface area contributed by atoms with Gasteiger partial charge in [-0.25, -0.2) is 0 Å². The normalized spacial score (nSPS) is 8.73. The second-order valence-electron chi connectivity index (χ2n) is 2.77. The van der Waals surface area contributed by atoms with Gasteiger partial charge < -0.3 is 4.74 Å². The van der Waals surface area contributed by atoms with Crippen LogP contribution in [0.4, 0.5) is 0 Å². The molecule has 0 saturated carbocycles. The summed E-state index contributed by atoms with van der Waals surface area (Å²) in [5, 5.41) is 0. The van der Waals surface area contributed by atoms with Gasteiger partial charge in [-0.2, -0.15) is 0 Å².